The second-order valence-corrected chi connectivity index (χ2v) is 12.1. The van der Waals surface area contributed by atoms with Crippen molar-refractivity contribution in [2.45, 2.75) is 65.0 Å². The van der Waals surface area contributed by atoms with E-state index in [-0.39, 0.29) is 36.5 Å². The summed E-state index contributed by atoms with van der Waals surface area (Å²) in [5, 5.41) is 12.4. The van der Waals surface area contributed by atoms with Gasteiger partial charge in [0.25, 0.3) is 0 Å². The molecule has 1 aromatic carbocycles. The number of nitriles is 1. The highest BCUT2D eigenvalue weighted by Gasteiger charge is 2.33. The fourth-order valence-electron chi connectivity index (χ4n) is 4.99. The van der Waals surface area contributed by atoms with E-state index in [1.54, 1.807) is 6.07 Å². The van der Waals surface area contributed by atoms with Gasteiger partial charge in [0.1, 0.15) is 9.84 Å². The smallest absolute Gasteiger partial charge is 0.226 e. The van der Waals surface area contributed by atoms with Gasteiger partial charge in [0.2, 0.25) is 11.8 Å². The van der Waals surface area contributed by atoms with Crippen molar-refractivity contribution in [1.82, 2.24) is 9.80 Å². The molecule has 1 saturated carbocycles. The molecule has 1 heterocycles. The quantitative estimate of drug-likeness (QED) is 0.602. The maximum absolute atomic E-state index is 12.9. The number of anilines is 1. The van der Waals surface area contributed by atoms with Gasteiger partial charge in [0.05, 0.1) is 17.4 Å². The molecule has 2 aliphatic rings. The van der Waals surface area contributed by atoms with Gasteiger partial charge in [0, 0.05) is 56.5 Å². The van der Waals surface area contributed by atoms with Gasteiger partial charge in [-0.15, -0.1) is 0 Å². The Hall–Kier alpha value is -2.44. The number of carbonyl (C=O) groups excluding carboxylic acids is 2. The van der Waals surface area contributed by atoms with E-state index in [0.29, 0.717) is 30.2 Å². The molecule has 0 spiro atoms. The van der Waals surface area contributed by atoms with Crippen LogP contribution in [0.1, 0.15) is 62.1 Å². The first kappa shape index (κ1) is 26.2. The number of nitrogens with zero attached hydrogens (tertiary/aromatic N) is 3. The number of amides is 2. The van der Waals surface area contributed by atoms with Crippen molar-refractivity contribution in [2.24, 2.45) is 5.92 Å². The van der Waals surface area contributed by atoms with Crippen molar-refractivity contribution in [3.63, 3.8) is 0 Å². The zero-order chi connectivity index (χ0) is 24.9. The maximum Gasteiger partial charge on any atom is 0.226 e. The normalized spacial score (nSPS) is 19.7. The Kier molecular flexibility index (Phi) is 8.72. The largest absolute Gasteiger partial charge is 0.337 e. The first-order chi connectivity index (χ1) is 16.1. The molecule has 1 N–H and O–H groups in total. The van der Waals surface area contributed by atoms with Crippen molar-refractivity contribution < 1.29 is 18.0 Å². The van der Waals surface area contributed by atoms with Crippen LogP contribution >= 0.6 is 0 Å². The highest BCUT2D eigenvalue weighted by molar-refractivity contribution is 7.90. The number of rotatable bonds is 8. The molecule has 0 radical (unpaired) electrons. The SMILES string of the molecule is Cc1c(CN2CCN(C(=O)C3CCCC3)[C@@H](C)C2)cc(C#N)cc1NC(=O)CCCS(C)(=O)=O. The third-order valence-corrected chi connectivity index (χ3v) is 7.96. The first-order valence-electron chi connectivity index (χ1n) is 12.1. The third kappa shape index (κ3) is 7.03. The van der Waals surface area contributed by atoms with Crippen LogP contribution in [0.4, 0.5) is 5.69 Å². The third-order valence-electron chi connectivity index (χ3n) is 6.93. The Balaban J connectivity index is 1.64. The molecule has 0 bridgehead atoms. The number of sulfone groups is 1. The topological polar surface area (TPSA) is 111 Å². The standard InChI is InChI=1S/C25H36N4O4S/c1-18-16-28(10-11-29(18)25(31)21-7-4-5-8-21)17-22-13-20(15-26)14-23(19(22)2)27-24(30)9-6-12-34(3,32)33/h13-14,18,21H,4-12,16-17H2,1-3H3,(H,27,30)/t18-/m0/s1. The number of hydrogen-bond donors (Lipinski definition) is 1. The second kappa shape index (κ2) is 11.3. The van der Waals surface area contributed by atoms with E-state index >= 15 is 0 Å². The summed E-state index contributed by atoms with van der Waals surface area (Å²) in [5.74, 6) is 0.192. The fourth-order valence-corrected chi connectivity index (χ4v) is 5.66. The predicted molar refractivity (Wildman–Crippen MR) is 132 cm³/mol. The molecule has 8 nitrogen and oxygen atoms in total. The molecule has 1 aliphatic carbocycles. The zero-order valence-electron chi connectivity index (χ0n) is 20.5. The molecule has 186 valence electrons. The molecule has 2 fully saturated rings. The summed E-state index contributed by atoms with van der Waals surface area (Å²) in [6.07, 6.45) is 5.83. The molecular weight excluding hydrogens is 452 g/mol. The van der Waals surface area contributed by atoms with Crippen molar-refractivity contribution in [3.8, 4) is 6.07 Å². The van der Waals surface area contributed by atoms with Crippen molar-refractivity contribution >= 4 is 27.3 Å². The summed E-state index contributed by atoms with van der Waals surface area (Å²) < 4.78 is 22.6. The lowest BCUT2D eigenvalue weighted by molar-refractivity contribution is -0.140. The van der Waals surface area contributed by atoms with Crippen LogP contribution in [0, 0.1) is 24.2 Å². The van der Waals surface area contributed by atoms with E-state index in [1.807, 2.05) is 17.9 Å². The highest BCUT2D eigenvalue weighted by Crippen LogP contribution is 2.29. The van der Waals surface area contributed by atoms with Crippen LogP contribution in [-0.2, 0) is 26.0 Å². The summed E-state index contributed by atoms with van der Waals surface area (Å²) in [4.78, 5) is 29.6. The van der Waals surface area contributed by atoms with Crippen LogP contribution in [0.25, 0.3) is 0 Å². The van der Waals surface area contributed by atoms with E-state index in [1.165, 1.54) is 0 Å². The lowest BCUT2D eigenvalue weighted by Crippen LogP contribution is -2.54. The maximum atomic E-state index is 12.9. The number of hydrogen-bond acceptors (Lipinski definition) is 6. The molecule has 34 heavy (non-hydrogen) atoms. The van der Waals surface area contributed by atoms with Crippen molar-refractivity contribution in [1.29, 1.82) is 5.26 Å². The van der Waals surface area contributed by atoms with Gasteiger partial charge in [-0.05, 0) is 56.4 Å². The van der Waals surface area contributed by atoms with Gasteiger partial charge >= 0.3 is 0 Å². The summed E-state index contributed by atoms with van der Waals surface area (Å²) in [7, 11) is -3.11. The number of nitrogens with one attached hydrogen (secondary N) is 1. The Labute approximate surface area is 203 Å². The van der Waals surface area contributed by atoms with Crippen LogP contribution in [-0.4, -0.2) is 67.7 Å². The van der Waals surface area contributed by atoms with Gasteiger partial charge < -0.3 is 10.2 Å². The van der Waals surface area contributed by atoms with Gasteiger partial charge in [-0.2, -0.15) is 5.26 Å². The number of carbonyl (C=O) groups is 2. The van der Waals surface area contributed by atoms with Crippen LogP contribution in [0.2, 0.25) is 0 Å². The highest BCUT2D eigenvalue weighted by atomic mass is 32.2. The van der Waals surface area contributed by atoms with Gasteiger partial charge in [-0.25, -0.2) is 8.42 Å². The van der Waals surface area contributed by atoms with E-state index in [4.69, 9.17) is 0 Å². The molecule has 0 aromatic heterocycles. The van der Waals surface area contributed by atoms with Gasteiger partial charge in [-0.1, -0.05) is 12.8 Å². The molecule has 2 amide bonds. The first-order valence-corrected chi connectivity index (χ1v) is 14.2. The Morgan fingerprint density at radius 1 is 1.21 bits per heavy atom. The minimum Gasteiger partial charge on any atom is -0.337 e. The minimum atomic E-state index is -3.11. The number of benzene rings is 1. The summed E-state index contributed by atoms with van der Waals surface area (Å²) in [6.45, 7) is 6.89. The molecular formula is C25H36N4O4S. The Morgan fingerprint density at radius 2 is 1.91 bits per heavy atom. The predicted octanol–water partition coefficient (Wildman–Crippen LogP) is 2.85. The van der Waals surface area contributed by atoms with Crippen LogP contribution < -0.4 is 5.32 Å². The molecule has 0 unspecified atom stereocenters. The van der Waals surface area contributed by atoms with Crippen molar-refractivity contribution in [3.05, 3.63) is 28.8 Å². The molecule has 3 rings (SSSR count). The van der Waals surface area contributed by atoms with E-state index < -0.39 is 9.84 Å². The van der Waals surface area contributed by atoms with Gasteiger partial charge in [-0.3, -0.25) is 14.5 Å². The Bertz CT molecular complexity index is 1060. The van der Waals surface area contributed by atoms with Gasteiger partial charge in [0.15, 0.2) is 0 Å². The fraction of sp³-hybridized carbons (Fsp3) is 0.640. The van der Waals surface area contributed by atoms with Crippen LogP contribution in [0.15, 0.2) is 12.1 Å². The van der Waals surface area contributed by atoms with E-state index in [0.717, 1.165) is 56.2 Å². The lowest BCUT2D eigenvalue weighted by Gasteiger charge is -2.41. The molecule has 1 saturated heterocycles. The van der Waals surface area contributed by atoms with Crippen LogP contribution in [0.5, 0.6) is 0 Å². The molecule has 1 aliphatic heterocycles. The van der Waals surface area contributed by atoms with E-state index in [9.17, 15) is 23.3 Å². The molecule has 9 heteroatoms. The summed E-state index contributed by atoms with van der Waals surface area (Å²) >= 11 is 0. The lowest BCUT2D eigenvalue weighted by atomic mass is 10.0. The van der Waals surface area contributed by atoms with E-state index in [2.05, 4.69) is 23.2 Å². The van der Waals surface area contributed by atoms with Crippen molar-refractivity contribution in [2.75, 3.05) is 37.0 Å². The zero-order valence-corrected chi connectivity index (χ0v) is 21.3. The summed E-state index contributed by atoms with van der Waals surface area (Å²) in [6, 6.07) is 5.82. The number of piperazine rings is 1. The summed E-state index contributed by atoms with van der Waals surface area (Å²) in [5.41, 5.74) is 2.91. The minimum absolute atomic E-state index is 0.0314. The monoisotopic (exact) mass is 488 g/mol. The van der Waals surface area contributed by atoms with Crippen LogP contribution in [0.3, 0.4) is 0 Å². The average molecular weight is 489 g/mol. The molecule has 1 atom stereocenters. The average Bonchev–Trinajstić information content (AvgIpc) is 3.30. The molecule has 1 aromatic rings. The second-order valence-electron chi connectivity index (χ2n) is 9.80. The Morgan fingerprint density at radius 3 is 2.53 bits per heavy atom.